The zero-order chi connectivity index (χ0) is 13.6. The fourth-order valence-electron chi connectivity index (χ4n) is 2.92. The molecule has 2 aliphatic heterocycles. The normalized spacial score (nSPS) is 27.7. The van der Waals surface area contributed by atoms with Crippen LogP contribution in [0.1, 0.15) is 6.42 Å². The molecule has 0 aliphatic carbocycles. The third-order valence-corrected chi connectivity index (χ3v) is 6.78. The predicted molar refractivity (Wildman–Crippen MR) is 72.8 cm³/mol. The first-order valence-electron chi connectivity index (χ1n) is 6.18. The van der Waals surface area contributed by atoms with E-state index in [4.69, 9.17) is 0 Å². The van der Waals surface area contributed by atoms with Crippen LogP contribution in [0.25, 0.3) is 0 Å². The van der Waals surface area contributed by atoms with Gasteiger partial charge in [0.1, 0.15) is 5.82 Å². The van der Waals surface area contributed by atoms with Gasteiger partial charge in [0.05, 0.1) is 4.90 Å². The summed E-state index contributed by atoms with van der Waals surface area (Å²) in [5.74, 6) is -0.0540. The summed E-state index contributed by atoms with van der Waals surface area (Å²) >= 11 is 3.14. The third-order valence-electron chi connectivity index (χ3n) is 3.87. The Morgan fingerprint density at radius 3 is 2.89 bits per heavy atom. The van der Waals surface area contributed by atoms with Crippen LogP contribution in [0.15, 0.2) is 27.6 Å². The van der Waals surface area contributed by atoms with Gasteiger partial charge in [-0.15, -0.1) is 0 Å². The van der Waals surface area contributed by atoms with E-state index in [2.05, 4.69) is 21.2 Å². The van der Waals surface area contributed by atoms with Crippen LogP contribution < -0.4 is 5.32 Å². The molecule has 3 rings (SSSR count). The lowest BCUT2D eigenvalue weighted by atomic mass is 10.1. The molecule has 2 atom stereocenters. The molecule has 0 spiro atoms. The Morgan fingerprint density at radius 1 is 1.37 bits per heavy atom. The number of hydrogen-bond donors (Lipinski definition) is 1. The van der Waals surface area contributed by atoms with E-state index in [9.17, 15) is 12.8 Å². The summed E-state index contributed by atoms with van der Waals surface area (Å²) in [6.07, 6.45) is 0.885. The van der Waals surface area contributed by atoms with Crippen LogP contribution >= 0.6 is 15.9 Å². The molecule has 2 aliphatic rings. The Bertz CT molecular complexity index is 608. The quantitative estimate of drug-likeness (QED) is 0.882. The van der Waals surface area contributed by atoms with Crippen molar-refractivity contribution in [1.29, 1.82) is 0 Å². The molecule has 19 heavy (non-hydrogen) atoms. The van der Waals surface area contributed by atoms with Gasteiger partial charge < -0.3 is 5.32 Å². The van der Waals surface area contributed by atoms with Crippen LogP contribution in [0.4, 0.5) is 4.39 Å². The van der Waals surface area contributed by atoms with E-state index < -0.39 is 15.8 Å². The van der Waals surface area contributed by atoms with Gasteiger partial charge in [0.2, 0.25) is 10.0 Å². The number of fused-ring (bicyclic) bond motifs is 1. The molecule has 1 aromatic carbocycles. The Balaban J connectivity index is 1.98. The maximum Gasteiger partial charge on any atom is 0.244 e. The molecule has 104 valence electrons. The highest BCUT2D eigenvalue weighted by Gasteiger charge is 2.44. The first-order valence-corrected chi connectivity index (χ1v) is 8.41. The Hall–Kier alpha value is -0.500. The monoisotopic (exact) mass is 348 g/mol. The van der Waals surface area contributed by atoms with E-state index in [1.165, 1.54) is 18.2 Å². The van der Waals surface area contributed by atoms with Crippen LogP contribution in [-0.4, -0.2) is 38.4 Å². The summed E-state index contributed by atoms with van der Waals surface area (Å²) in [7, 11) is -3.56. The summed E-state index contributed by atoms with van der Waals surface area (Å²) in [4.78, 5) is 0.140. The fourth-order valence-corrected chi connectivity index (χ4v) is 5.63. The SMILES string of the molecule is O=S(=O)(c1ccc(F)cc1Br)N1CC[C@H]2CNC[C@H]21. The van der Waals surface area contributed by atoms with Gasteiger partial charge in [0, 0.05) is 23.6 Å². The molecule has 1 aromatic rings. The number of halogens is 2. The maximum atomic E-state index is 13.1. The molecule has 0 aromatic heterocycles. The molecule has 0 amide bonds. The smallest absolute Gasteiger partial charge is 0.244 e. The van der Waals surface area contributed by atoms with Crippen molar-refractivity contribution in [3.05, 3.63) is 28.5 Å². The average molecular weight is 349 g/mol. The second kappa shape index (κ2) is 4.80. The molecule has 2 heterocycles. The molecule has 0 bridgehead atoms. The Morgan fingerprint density at radius 2 is 2.16 bits per heavy atom. The number of sulfonamides is 1. The van der Waals surface area contributed by atoms with Gasteiger partial charge >= 0.3 is 0 Å². The minimum atomic E-state index is -3.56. The van der Waals surface area contributed by atoms with Gasteiger partial charge in [-0.3, -0.25) is 0 Å². The first kappa shape index (κ1) is 13.5. The minimum Gasteiger partial charge on any atom is -0.315 e. The van der Waals surface area contributed by atoms with Gasteiger partial charge in [0.25, 0.3) is 0 Å². The lowest BCUT2D eigenvalue weighted by Gasteiger charge is -2.23. The van der Waals surface area contributed by atoms with Crippen molar-refractivity contribution in [2.75, 3.05) is 19.6 Å². The van der Waals surface area contributed by atoms with Crippen LogP contribution in [0.5, 0.6) is 0 Å². The molecule has 2 saturated heterocycles. The fraction of sp³-hybridized carbons (Fsp3) is 0.500. The van der Waals surface area contributed by atoms with Gasteiger partial charge in [-0.05, 0) is 53.0 Å². The van der Waals surface area contributed by atoms with E-state index in [-0.39, 0.29) is 15.4 Å². The molecular formula is C12H14BrFN2O2S. The summed E-state index contributed by atoms with van der Waals surface area (Å²) in [5.41, 5.74) is 0. The maximum absolute atomic E-state index is 13.1. The van der Waals surface area contributed by atoms with Crippen LogP contribution in [0, 0.1) is 11.7 Å². The van der Waals surface area contributed by atoms with Gasteiger partial charge in [-0.25, -0.2) is 12.8 Å². The van der Waals surface area contributed by atoms with E-state index >= 15 is 0 Å². The van der Waals surface area contributed by atoms with Gasteiger partial charge in [0.15, 0.2) is 0 Å². The number of nitrogens with one attached hydrogen (secondary N) is 1. The minimum absolute atomic E-state index is 0.0296. The molecule has 7 heteroatoms. The van der Waals surface area contributed by atoms with E-state index in [1.54, 1.807) is 4.31 Å². The van der Waals surface area contributed by atoms with Crippen LogP contribution in [-0.2, 0) is 10.0 Å². The van der Waals surface area contributed by atoms with Crippen molar-refractivity contribution >= 4 is 26.0 Å². The Labute approximate surface area is 120 Å². The van der Waals surface area contributed by atoms with Crippen molar-refractivity contribution in [2.45, 2.75) is 17.4 Å². The molecule has 4 nitrogen and oxygen atoms in total. The lowest BCUT2D eigenvalue weighted by Crippen LogP contribution is -2.39. The molecule has 1 N–H and O–H groups in total. The van der Waals surface area contributed by atoms with Crippen molar-refractivity contribution in [2.24, 2.45) is 5.92 Å². The summed E-state index contributed by atoms with van der Waals surface area (Å²) < 4.78 is 40.2. The second-order valence-electron chi connectivity index (χ2n) is 4.96. The summed E-state index contributed by atoms with van der Waals surface area (Å²) in [6, 6.07) is 3.72. The van der Waals surface area contributed by atoms with Crippen molar-refractivity contribution in [1.82, 2.24) is 9.62 Å². The molecule has 0 unspecified atom stereocenters. The summed E-state index contributed by atoms with van der Waals surface area (Å²) in [6.45, 7) is 2.12. The number of hydrogen-bond acceptors (Lipinski definition) is 3. The number of benzene rings is 1. The van der Waals surface area contributed by atoms with E-state index in [0.29, 0.717) is 19.0 Å². The topological polar surface area (TPSA) is 49.4 Å². The van der Waals surface area contributed by atoms with Crippen molar-refractivity contribution < 1.29 is 12.8 Å². The van der Waals surface area contributed by atoms with Crippen LogP contribution in [0.3, 0.4) is 0 Å². The average Bonchev–Trinajstić information content (AvgIpc) is 2.88. The number of nitrogens with zero attached hydrogens (tertiary/aromatic N) is 1. The highest BCUT2D eigenvalue weighted by Crippen LogP contribution is 2.34. The standard InChI is InChI=1S/C12H14BrFN2O2S/c13-10-5-9(14)1-2-12(10)19(17,18)16-4-3-8-6-15-7-11(8)16/h1-2,5,8,11,15H,3-4,6-7H2/t8-,11+/m0/s1. The third kappa shape index (κ3) is 2.22. The Kier molecular flexibility index (Phi) is 3.41. The predicted octanol–water partition coefficient (Wildman–Crippen LogP) is 1.57. The molecule has 0 radical (unpaired) electrons. The molecule has 2 fully saturated rings. The van der Waals surface area contributed by atoms with Gasteiger partial charge in [-0.1, -0.05) is 0 Å². The van der Waals surface area contributed by atoms with E-state index in [0.717, 1.165) is 13.0 Å². The second-order valence-corrected chi connectivity index (χ2v) is 7.68. The highest BCUT2D eigenvalue weighted by molar-refractivity contribution is 9.10. The first-order chi connectivity index (χ1) is 9.00. The van der Waals surface area contributed by atoms with Crippen molar-refractivity contribution in [3.8, 4) is 0 Å². The summed E-state index contributed by atoms with van der Waals surface area (Å²) in [5, 5.41) is 3.22. The number of rotatable bonds is 2. The lowest BCUT2D eigenvalue weighted by molar-refractivity contribution is 0.382. The van der Waals surface area contributed by atoms with Gasteiger partial charge in [-0.2, -0.15) is 4.31 Å². The zero-order valence-corrected chi connectivity index (χ0v) is 12.5. The molecule has 0 saturated carbocycles. The largest absolute Gasteiger partial charge is 0.315 e. The van der Waals surface area contributed by atoms with Crippen molar-refractivity contribution in [3.63, 3.8) is 0 Å². The zero-order valence-electron chi connectivity index (χ0n) is 10.1. The molecular weight excluding hydrogens is 335 g/mol. The highest BCUT2D eigenvalue weighted by atomic mass is 79.9. The van der Waals surface area contributed by atoms with E-state index in [1.807, 2.05) is 0 Å². The van der Waals surface area contributed by atoms with Crippen LogP contribution in [0.2, 0.25) is 0 Å².